The first-order chi connectivity index (χ1) is 27.0. The average Bonchev–Trinajstić information content (AvgIpc) is 3.18. The van der Waals surface area contributed by atoms with E-state index in [1.54, 1.807) is 0 Å². The molecule has 0 spiro atoms. The van der Waals surface area contributed by atoms with Crippen LogP contribution in [0.1, 0.15) is 201 Å². The van der Waals surface area contributed by atoms with Crippen molar-refractivity contribution < 1.29 is 24.5 Å². The van der Waals surface area contributed by atoms with Gasteiger partial charge in [-0.3, -0.25) is 9.59 Å². The van der Waals surface area contributed by atoms with E-state index in [2.05, 4.69) is 44.3 Å². The first-order valence-electron chi connectivity index (χ1n) is 22.7. The summed E-state index contributed by atoms with van der Waals surface area (Å²) in [7, 11) is 0. The maximum atomic E-state index is 13.1. The summed E-state index contributed by atoms with van der Waals surface area (Å²) in [6.07, 6.45) is 52.7. The minimum atomic E-state index is -0.819. The van der Waals surface area contributed by atoms with Gasteiger partial charge in [0.25, 0.3) is 0 Å². The second-order valence-electron chi connectivity index (χ2n) is 15.2. The molecule has 55 heavy (non-hydrogen) atoms. The third kappa shape index (κ3) is 38.0. The molecule has 316 valence electrons. The summed E-state index contributed by atoms with van der Waals surface area (Å²) < 4.78 is 5.80. The van der Waals surface area contributed by atoms with Crippen molar-refractivity contribution >= 4 is 11.9 Å². The lowest BCUT2D eigenvalue weighted by Crippen LogP contribution is -2.46. The second-order valence-corrected chi connectivity index (χ2v) is 15.2. The number of carbonyl (C=O) groups excluding carboxylic acids is 2. The Morgan fingerprint density at radius 2 is 1.02 bits per heavy atom. The van der Waals surface area contributed by atoms with Crippen LogP contribution >= 0.6 is 0 Å². The van der Waals surface area contributed by atoms with Gasteiger partial charge in [-0.15, -0.1) is 0 Å². The third-order valence-electron chi connectivity index (χ3n) is 9.90. The smallest absolute Gasteiger partial charge is 0.306 e. The second kappa shape index (κ2) is 42.4. The first-order valence-corrected chi connectivity index (χ1v) is 22.7. The van der Waals surface area contributed by atoms with Crippen molar-refractivity contribution in [3.8, 4) is 0 Å². The summed E-state index contributed by atoms with van der Waals surface area (Å²) in [4.78, 5) is 25.9. The number of aliphatic hydroxyl groups excluding tert-OH is 2. The van der Waals surface area contributed by atoms with Crippen LogP contribution in [0.2, 0.25) is 0 Å². The fourth-order valence-corrected chi connectivity index (χ4v) is 6.44. The van der Waals surface area contributed by atoms with Crippen LogP contribution in [0.3, 0.4) is 0 Å². The Labute approximate surface area is 339 Å². The molecule has 3 unspecified atom stereocenters. The van der Waals surface area contributed by atoms with E-state index < -0.39 is 18.2 Å². The summed E-state index contributed by atoms with van der Waals surface area (Å²) >= 11 is 0. The van der Waals surface area contributed by atoms with E-state index in [1.807, 2.05) is 54.7 Å². The molecule has 0 aromatic carbocycles. The van der Waals surface area contributed by atoms with Gasteiger partial charge in [0.2, 0.25) is 5.91 Å². The van der Waals surface area contributed by atoms with Crippen LogP contribution in [0.25, 0.3) is 0 Å². The molecule has 0 aromatic rings. The van der Waals surface area contributed by atoms with Gasteiger partial charge in [-0.05, 0) is 44.9 Å². The molecule has 0 heterocycles. The van der Waals surface area contributed by atoms with Gasteiger partial charge in [-0.1, -0.05) is 209 Å². The highest BCUT2D eigenvalue weighted by Gasteiger charge is 2.23. The van der Waals surface area contributed by atoms with Crippen molar-refractivity contribution in [1.82, 2.24) is 5.32 Å². The van der Waals surface area contributed by atoms with Crippen LogP contribution < -0.4 is 5.32 Å². The molecule has 0 rings (SSSR count). The number of esters is 1. The topological polar surface area (TPSA) is 95.9 Å². The van der Waals surface area contributed by atoms with Crippen LogP contribution in [0, 0.1) is 0 Å². The Kier molecular flexibility index (Phi) is 40.4. The number of carbonyl (C=O) groups is 2. The molecule has 3 N–H and O–H groups in total. The lowest BCUT2D eigenvalue weighted by Gasteiger charge is -2.24. The predicted molar refractivity (Wildman–Crippen MR) is 236 cm³/mol. The molecule has 0 fully saturated rings. The molecule has 6 nitrogen and oxygen atoms in total. The molecular formula is C49H85NO5. The SMILES string of the molecule is CC/C=C/C=C/C=C\C=C/C=C/CC(CC(=O)NC(CO)C(O)CCCCCCCCCCCCCCC)OC(=O)CCCCCCC/C=C\CCCCC. The first kappa shape index (κ1) is 52.3. The van der Waals surface area contributed by atoms with Crippen LogP contribution in [0.4, 0.5) is 0 Å². The molecule has 0 aliphatic carbocycles. The molecule has 6 heteroatoms. The van der Waals surface area contributed by atoms with Gasteiger partial charge < -0.3 is 20.3 Å². The summed E-state index contributed by atoms with van der Waals surface area (Å²) in [5, 5.41) is 23.6. The predicted octanol–water partition coefficient (Wildman–Crippen LogP) is 13.1. The van der Waals surface area contributed by atoms with Crippen LogP contribution in [0.15, 0.2) is 72.9 Å². The van der Waals surface area contributed by atoms with Gasteiger partial charge in [0.05, 0.1) is 25.2 Å². The molecule has 0 aromatic heterocycles. The Hall–Kier alpha value is -2.70. The van der Waals surface area contributed by atoms with Gasteiger partial charge in [0, 0.05) is 12.8 Å². The van der Waals surface area contributed by atoms with E-state index in [0.29, 0.717) is 19.3 Å². The molecule has 0 aliphatic rings. The zero-order valence-electron chi connectivity index (χ0n) is 35.8. The number of allylic oxidation sites excluding steroid dienone is 11. The van der Waals surface area contributed by atoms with Gasteiger partial charge in [-0.25, -0.2) is 0 Å². The van der Waals surface area contributed by atoms with Crippen molar-refractivity contribution in [2.75, 3.05) is 6.61 Å². The van der Waals surface area contributed by atoms with Gasteiger partial charge in [0.15, 0.2) is 0 Å². The maximum absolute atomic E-state index is 13.1. The van der Waals surface area contributed by atoms with E-state index >= 15 is 0 Å². The summed E-state index contributed by atoms with van der Waals surface area (Å²) in [6.45, 7) is 6.25. The maximum Gasteiger partial charge on any atom is 0.306 e. The van der Waals surface area contributed by atoms with Gasteiger partial charge in [0.1, 0.15) is 6.10 Å². The number of aliphatic hydroxyl groups is 2. The number of ether oxygens (including phenoxy) is 1. The molecule has 1 amide bonds. The van der Waals surface area contributed by atoms with E-state index in [-0.39, 0.29) is 24.9 Å². The van der Waals surface area contributed by atoms with E-state index in [0.717, 1.165) is 57.8 Å². The van der Waals surface area contributed by atoms with E-state index in [9.17, 15) is 19.8 Å². The molecule has 0 radical (unpaired) electrons. The van der Waals surface area contributed by atoms with Crippen LogP contribution in [-0.2, 0) is 14.3 Å². The highest BCUT2D eigenvalue weighted by molar-refractivity contribution is 5.77. The van der Waals surface area contributed by atoms with Crippen LogP contribution in [0.5, 0.6) is 0 Å². The quantitative estimate of drug-likeness (QED) is 0.0250. The molecule has 0 aliphatic heterocycles. The lowest BCUT2D eigenvalue weighted by molar-refractivity contribution is -0.150. The van der Waals surface area contributed by atoms with Crippen LogP contribution in [-0.4, -0.2) is 46.9 Å². The normalized spacial score (nSPS) is 14.1. The summed E-state index contributed by atoms with van der Waals surface area (Å²) in [5.74, 6) is -0.624. The third-order valence-corrected chi connectivity index (χ3v) is 9.90. The molecule has 3 atom stereocenters. The Balaban J connectivity index is 4.72. The minimum Gasteiger partial charge on any atom is -0.461 e. The van der Waals surface area contributed by atoms with E-state index in [4.69, 9.17) is 4.74 Å². The number of hydrogen-bond acceptors (Lipinski definition) is 5. The average molecular weight is 768 g/mol. The van der Waals surface area contributed by atoms with Gasteiger partial charge in [-0.2, -0.15) is 0 Å². The molecule has 0 saturated carbocycles. The number of nitrogens with one attached hydrogen (secondary N) is 1. The van der Waals surface area contributed by atoms with Crippen molar-refractivity contribution in [3.63, 3.8) is 0 Å². The zero-order valence-corrected chi connectivity index (χ0v) is 35.8. The molecular weight excluding hydrogens is 683 g/mol. The van der Waals surface area contributed by atoms with Crippen molar-refractivity contribution in [1.29, 1.82) is 0 Å². The number of amides is 1. The fraction of sp³-hybridized carbons (Fsp3) is 0.714. The van der Waals surface area contributed by atoms with Crippen molar-refractivity contribution in [3.05, 3.63) is 72.9 Å². The fourth-order valence-electron chi connectivity index (χ4n) is 6.44. The number of hydrogen-bond donors (Lipinski definition) is 3. The molecule has 0 saturated heterocycles. The summed E-state index contributed by atoms with van der Waals surface area (Å²) in [5.41, 5.74) is 0. The minimum absolute atomic E-state index is 0.0241. The Morgan fingerprint density at radius 3 is 1.56 bits per heavy atom. The zero-order chi connectivity index (χ0) is 40.3. The monoisotopic (exact) mass is 768 g/mol. The Morgan fingerprint density at radius 1 is 0.564 bits per heavy atom. The summed E-state index contributed by atoms with van der Waals surface area (Å²) in [6, 6.07) is -0.741. The van der Waals surface area contributed by atoms with E-state index in [1.165, 1.54) is 96.3 Å². The highest BCUT2D eigenvalue weighted by atomic mass is 16.5. The van der Waals surface area contributed by atoms with Crippen molar-refractivity contribution in [2.45, 2.75) is 219 Å². The largest absolute Gasteiger partial charge is 0.461 e. The lowest BCUT2D eigenvalue weighted by atomic mass is 10.0. The van der Waals surface area contributed by atoms with Crippen molar-refractivity contribution in [2.24, 2.45) is 0 Å². The van der Waals surface area contributed by atoms with Gasteiger partial charge >= 0.3 is 5.97 Å². The molecule has 0 bridgehead atoms. The standard InChI is InChI=1S/C49H85NO5/c1-4-7-10-13-16-19-22-24-26-29-32-35-38-41-47(52)46(44-51)50-48(53)43-45(40-37-34-31-28-25-21-18-15-12-9-6-3)55-49(54)42-39-36-33-30-27-23-20-17-14-11-8-5-2/h9,12,15,17-18,20-21,25,28,31,34,37,45-47,51-52H,4-8,10-11,13-14,16,19,22-24,26-27,29-30,32-33,35-36,38-44H2,1-3H3,(H,50,53)/b12-9+,18-15+,20-17-,25-21-,31-28-,37-34+. The number of rotatable bonds is 39. The number of unbranched alkanes of at least 4 members (excludes halogenated alkanes) is 20. The highest BCUT2D eigenvalue weighted by Crippen LogP contribution is 2.16. The Bertz CT molecular complexity index is 1040.